The van der Waals surface area contributed by atoms with Crippen molar-refractivity contribution in [2.45, 2.75) is 18.6 Å². The van der Waals surface area contributed by atoms with Gasteiger partial charge in [-0.3, -0.25) is 0 Å². The minimum absolute atomic E-state index is 0.450. The number of hydrogen-bond donors (Lipinski definition) is 0. The summed E-state index contributed by atoms with van der Waals surface area (Å²) in [4.78, 5) is 0. The number of fused-ring (bicyclic) bond motifs is 2. The van der Waals surface area contributed by atoms with Gasteiger partial charge in [0, 0.05) is 19.5 Å². The number of nitrogens with zero attached hydrogens (tertiary/aromatic N) is 1. The van der Waals surface area contributed by atoms with E-state index in [1.54, 1.807) is 0 Å². The third-order valence-corrected chi connectivity index (χ3v) is 1.99. The molecule has 0 spiro atoms. The van der Waals surface area contributed by atoms with Gasteiger partial charge < -0.3 is 4.74 Å². The molecule has 2 unspecified atom stereocenters. The van der Waals surface area contributed by atoms with Gasteiger partial charge >= 0.3 is 0 Å². The van der Waals surface area contributed by atoms with E-state index in [2.05, 4.69) is 0 Å². The Morgan fingerprint density at radius 2 is 1.88 bits per heavy atom. The summed E-state index contributed by atoms with van der Waals surface area (Å²) in [7, 11) is 0. The maximum absolute atomic E-state index is 5.70. The van der Waals surface area contributed by atoms with E-state index in [-0.39, 0.29) is 0 Å². The molecule has 3 aliphatic rings. The summed E-state index contributed by atoms with van der Waals surface area (Å²) in [5.74, 6) is 0. The number of halogens is 1. The van der Waals surface area contributed by atoms with Gasteiger partial charge in [0.1, 0.15) is 0 Å². The first-order valence-electron chi connectivity index (χ1n) is 2.91. The first-order valence-corrected chi connectivity index (χ1v) is 3.24. The van der Waals surface area contributed by atoms with Crippen LogP contribution in [0.15, 0.2) is 0 Å². The lowest BCUT2D eigenvalue weighted by Gasteiger charge is -2.44. The van der Waals surface area contributed by atoms with Crippen LogP contribution in [0, 0.1) is 0 Å². The highest BCUT2D eigenvalue weighted by molar-refractivity contribution is 6.13. The smallest absolute Gasteiger partial charge is 0.0744 e. The van der Waals surface area contributed by atoms with E-state index < -0.39 is 0 Å². The Labute approximate surface area is 53.5 Å². The van der Waals surface area contributed by atoms with Gasteiger partial charge in [-0.25, -0.2) is 4.42 Å². The van der Waals surface area contributed by atoms with E-state index in [1.807, 2.05) is 4.42 Å². The van der Waals surface area contributed by atoms with Gasteiger partial charge in [-0.15, -0.1) is 0 Å². The first-order chi connectivity index (χ1) is 3.84. The van der Waals surface area contributed by atoms with E-state index in [1.165, 1.54) is 6.42 Å². The van der Waals surface area contributed by atoms with Crippen LogP contribution in [0.5, 0.6) is 0 Å². The van der Waals surface area contributed by atoms with E-state index in [9.17, 15) is 0 Å². The highest BCUT2D eigenvalue weighted by Gasteiger charge is 2.37. The summed E-state index contributed by atoms with van der Waals surface area (Å²) in [6.07, 6.45) is 2.13. The number of ether oxygens (including phenoxy) is 1. The number of hydrogen-bond acceptors (Lipinski definition) is 2. The van der Waals surface area contributed by atoms with Crippen LogP contribution >= 0.6 is 11.8 Å². The number of morpholine rings is 1. The van der Waals surface area contributed by atoms with Crippen LogP contribution in [0.3, 0.4) is 0 Å². The van der Waals surface area contributed by atoms with Crippen LogP contribution in [0.2, 0.25) is 0 Å². The highest BCUT2D eigenvalue weighted by Crippen LogP contribution is 2.28. The SMILES string of the molecule is ClN1CC2CC(C1)O2. The Kier molecular flexibility index (Phi) is 1.00. The van der Waals surface area contributed by atoms with Gasteiger partial charge in [-0.1, -0.05) is 0 Å². The second-order valence-electron chi connectivity index (χ2n) is 2.44. The average Bonchev–Trinajstić information content (AvgIpc) is 1.62. The maximum atomic E-state index is 5.70. The number of rotatable bonds is 0. The molecule has 2 nitrogen and oxygen atoms in total. The molecule has 3 saturated heterocycles. The van der Waals surface area contributed by atoms with Crippen molar-refractivity contribution in [2.24, 2.45) is 0 Å². The third kappa shape index (κ3) is 0.642. The van der Waals surface area contributed by atoms with Crippen molar-refractivity contribution in [1.82, 2.24) is 4.42 Å². The summed E-state index contributed by atoms with van der Waals surface area (Å²) in [5.41, 5.74) is 0. The van der Waals surface area contributed by atoms with Gasteiger partial charge in [0.25, 0.3) is 0 Å². The van der Waals surface area contributed by atoms with Gasteiger partial charge in [0.05, 0.1) is 12.2 Å². The fraction of sp³-hybridized carbons (Fsp3) is 1.00. The zero-order valence-corrected chi connectivity index (χ0v) is 5.27. The Balaban J connectivity index is 1.97. The molecule has 3 rings (SSSR count). The van der Waals surface area contributed by atoms with Crippen LogP contribution in [0.1, 0.15) is 6.42 Å². The van der Waals surface area contributed by atoms with Crippen LogP contribution in [0.4, 0.5) is 0 Å². The van der Waals surface area contributed by atoms with Crippen LogP contribution in [0.25, 0.3) is 0 Å². The quantitative estimate of drug-likeness (QED) is 0.449. The zero-order valence-electron chi connectivity index (χ0n) is 4.51. The molecule has 3 fully saturated rings. The summed E-state index contributed by atoms with van der Waals surface area (Å²) in [6, 6.07) is 0. The summed E-state index contributed by atoms with van der Waals surface area (Å²) >= 11 is 5.70. The minimum Gasteiger partial charge on any atom is -0.372 e. The molecule has 2 atom stereocenters. The second kappa shape index (κ2) is 1.59. The molecule has 3 heteroatoms. The standard InChI is InChI=1S/C5H8ClNO/c6-7-2-4-1-5(3-7)8-4/h4-5H,1-3H2. The van der Waals surface area contributed by atoms with Gasteiger partial charge in [0.15, 0.2) is 0 Å². The predicted octanol–water partition coefficient (Wildman–Crippen LogP) is 0.613. The van der Waals surface area contributed by atoms with Crippen molar-refractivity contribution in [3.05, 3.63) is 0 Å². The molecular formula is C5H8ClNO. The monoisotopic (exact) mass is 133 g/mol. The van der Waals surface area contributed by atoms with Crippen LogP contribution < -0.4 is 0 Å². The minimum atomic E-state index is 0.450. The fourth-order valence-corrected chi connectivity index (χ4v) is 1.61. The molecule has 0 N–H and O–H groups in total. The lowest BCUT2D eigenvalue weighted by molar-refractivity contribution is -0.164. The lowest BCUT2D eigenvalue weighted by Crippen LogP contribution is -2.54. The largest absolute Gasteiger partial charge is 0.372 e. The molecule has 3 aliphatic heterocycles. The first kappa shape index (κ1) is 5.03. The van der Waals surface area contributed by atoms with E-state index in [0.29, 0.717) is 12.2 Å². The number of piperidine rings is 1. The van der Waals surface area contributed by atoms with Crippen molar-refractivity contribution >= 4 is 11.8 Å². The Morgan fingerprint density at radius 1 is 1.38 bits per heavy atom. The topological polar surface area (TPSA) is 12.5 Å². The molecular weight excluding hydrogens is 126 g/mol. The van der Waals surface area contributed by atoms with E-state index in [0.717, 1.165) is 13.1 Å². The molecule has 0 amide bonds. The van der Waals surface area contributed by atoms with Crippen LogP contribution in [-0.4, -0.2) is 29.7 Å². The summed E-state index contributed by atoms with van der Waals surface area (Å²) < 4.78 is 7.13. The van der Waals surface area contributed by atoms with Crippen molar-refractivity contribution in [3.63, 3.8) is 0 Å². The van der Waals surface area contributed by atoms with Crippen LogP contribution in [-0.2, 0) is 4.74 Å². The second-order valence-corrected chi connectivity index (χ2v) is 2.92. The molecule has 2 bridgehead atoms. The summed E-state index contributed by atoms with van der Waals surface area (Å²) in [6.45, 7) is 1.83. The Morgan fingerprint density at radius 3 is 2.12 bits per heavy atom. The highest BCUT2D eigenvalue weighted by atomic mass is 35.5. The van der Waals surface area contributed by atoms with Gasteiger partial charge in [-0.2, -0.15) is 0 Å². The summed E-state index contributed by atoms with van der Waals surface area (Å²) in [5, 5.41) is 0. The van der Waals surface area contributed by atoms with Gasteiger partial charge in [0.2, 0.25) is 0 Å². The molecule has 0 aromatic heterocycles. The molecule has 0 saturated carbocycles. The van der Waals surface area contributed by atoms with Crippen molar-refractivity contribution < 1.29 is 4.74 Å². The van der Waals surface area contributed by atoms with Crippen molar-refractivity contribution in [2.75, 3.05) is 13.1 Å². The van der Waals surface area contributed by atoms with E-state index >= 15 is 0 Å². The zero-order chi connectivity index (χ0) is 5.56. The maximum Gasteiger partial charge on any atom is 0.0744 e. The third-order valence-electron chi connectivity index (χ3n) is 1.71. The lowest BCUT2D eigenvalue weighted by atomic mass is 10.0. The van der Waals surface area contributed by atoms with Gasteiger partial charge in [-0.05, 0) is 11.8 Å². The average molecular weight is 134 g/mol. The molecule has 0 aliphatic carbocycles. The molecule has 0 aromatic rings. The molecule has 0 aromatic carbocycles. The molecule has 46 valence electrons. The fourth-order valence-electron chi connectivity index (χ4n) is 1.31. The van der Waals surface area contributed by atoms with Crippen molar-refractivity contribution in [3.8, 4) is 0 Å². The molecule has 3 heterocycles. The normalized spacial score (nSPS) is 46.1. The Hall–Kier alpha value is 0.210. The molecule has 0 radical (unpaired) electrons. The predicted molar refractivity (Wildman–Crippen MR) is 30.7 cm³/mol. The van der Waals surface area contributed by atoms with E-state index in [4.69, 9.17) is 16.5 Å². The molecule has 8 heavy (non-hydrogen) atoms. The Bertz CT molecular complexity index is 92.6. The van der Waals surface area contributed by atoms with Crippen molar-refractivity contribution in [1.29, 1.82) is 0 Å².